The molecule has 1 saturated heterocycles. The molecular weight excluding hydrogens is 282 g/mol. The summed E-state index contributed by atoms with van der Waals surface area (Å²) in [7, 11) is 0. The number of rotatable bonds is 6. The monoisotopic (exact) mass is 303 g/mol. The lowest BCUT2D eigenvalue weighted by Crippen LogP contribution is -2.26. The average molecular weight is 303 g/mol. The summed E-state index contributed by atoms with van der Waals surface area (Å²) in [5.74, 6) is 0.514. The second-order valence-electron chi connectivity index (χ2n) is 5.65. The van der Waals surface area contributed by atoms with Crippen molar-refractivity contribution in [2.24, 2.45) is 0 Å². The molecule has 0 saturated carbocycles. The van der Waals surface area contributed by atoms with Crippen LogP contribution in [0.1, 0.15) is 48.4 Å². The van der Waals surface area contributed by atoms with Gasteiger partial charge in [-0.3, -0.25) is 9.20 Å². The Bertz CT molecular complexity index is 648. The Morgan fingerprint density at radius 2 is 2.36 bits per heavy atom. The fourth-order valence-electron chi connectivity index (χ4n) is 2.68. The van der Waals surface area contributed by atoms with Crippen LogP contribution < -0.4 is 5.32 Å². The Kier molecular flexibility index (Phi) is 4.62. The minimum atomic E-state index is -0.213. The van der Waals surface area contributed by atoms with Crippen molar-refractivity contribution in [3.8, 4) is 0 Å². The van der Waals surface area contributed by atoms with E-state index in [0.29, 0.717) is 18.4 Å². The second kappa shape index (κ2) is 6.83. The lowest BCUT2D eigenvalue weighted by molar-refractivity contribution is 0.0936. The van der Waals surface area contributed by atoms with Gasteiger partial charge in [-0.15, -0.1) is 10.2 Å². The Morgan fingerprint density at radius 3 is 3.18 bits per heavy atom. The first kappa shape index (κ1) is 14.9. The van der Waals surface area contributed by atoms with Crippen LogP contribution in [0.15, 0.2) is 12.3 Å². The summed E-state index contributed by atoms with van der Waals surface area (Å²) < 4.78 is 7.19. The van der Waals surface area contributed by atoms with E-state index in [9.17, 15) is 4.79 Å². The third-order valence-corrected chi connectivity index (χ3v) is 3.88. The number of ether oxygens (including phenoxy) is 1. The Labute approximate surface area is 129 Å². The third-order valence-electron chi connectivity index (χ3n) is 3.88. The molecule has 7 heteroatoms. The molecule has 3 heterocycles. The van der Waals surface area contributed by atoms with E-state index in [1.165, 1.54) is 12.8 Å². The summed E-state index contributed by atoms with van der Waals surface area (Å²) in [4.78, 5) is 16.4. The van der Waals surface area contributed by atoms with Crippen LogP contribution in [0.4, 0.5) is 0 Å². The molecule has 1 N–H and O–H groups in total. The molecular formula is C15H21N5O2. The fraction of sp³-hybridized carbons (Fsp3) is 0.600. The summed E-state index contributed by atoms with van der Waals surface area (Å²) in [6, 6.07) is 1.83. The van der Waals surface area contributed by atoms with Crippen molar-refractivity contribution in [3.05, 3.63) is 23.8 Å². The maximum atomic E-state index is 12.1. The fourth-order valence-corrected chi connectivity index (χ4v) is 2.68. The van der Waals surface area contributed by atoms with Crippen LogP contribution in [-0.4, -0.2) is 44.7 Å². The molecule has 0 bridgehead atoms. The molecule has 22 heavy (non-hydrogen) atoms. The van der Waals surface area contributed by atoms with Crippen LogP contribution in [0.2, 0.25) is 0 Å². The van der Waals surface area contributed by atoms with E-state index in [1.54, 1.807) is 10.6 Å². The van der Waals surface area contributed by atoms with Crippen LogP contribution in [0, 0.1) is 6.92 Å². The quantitative estimate of drug-likeness (QED) is 0.818. The van der Waals surface area contributed by atoms with Crippen LogP contribution >= 0.6 is 0 Å². The van der Waals surface area contributed by atoms with Crippen LogP contribution in [0.3, 0.4) is 0 Å². The molecule has 0 aliphatic carbocycles. The van der Waals surface area contributed by atoms with Crippen LogP contribution in [0.5, 0.6) is 0 Å². The summed E-state index contributed by atoms with van der Waals surface area (Å²) in [6.45, 7) is 3.41. The van der Waals surface area contributed by atoms with E-state index in [1.807, 2.05) is 13.0 Å². The average Bonchev–Trinajstić information content (AvgIpc) is 3.15. The number of hydrogen-bond donors (Lipinski definition) is 1. The summed E-state index contributed by atoms with van der Waals surface area (Å²) in [5, 5.41) is 10.7. The van der Waals surface area contributed by atoms with E-state index in [-0.39, 0.29) is 11.7 Å². The predicted molar refractivity (Wildman–Crippen MR) is 80.7 cm³/mol. The first-order chi connectivity index (χ1) is 10.7. The molecule has 118 valence electrons. The van der Waals surface area contributed by atoms with Gasteiger partial charge in [-0.05, 0) is 45.1 Å². The second-order valence-corrected chi connectivity index (χ2v) is 5.65. The number of carbonyl (C=O) groups excluding carboxylic acids is 1. The van der Waals surface area contributed by atoms with Gasteiger partial charge in [-0.25, -0.2) is 4.98 Å². The van der Waals surface area contributed by atoms with E-state index >= 15 is 0 Å². The molecule has 0 spiro atoms. The van der Waals surface area contributed by atoms with Gasteiger partial charge in [0, 0.05) is 25.0 Å². The smallest absolute Gasteiger partial charge is 0.289 e. The molecule has 2 aromatic heterocycles. The number of aromatic nitrogens is 4. The number of aryl methyl sites for hydroxylation is 1. The number of carbonyl (C=O) groups is 1. The number of fused-ring (bicyclic) bond motifs is 1. The van der Waals surface area contributed by atoms with Crippen molar-refractivity contribution in [1.29, 1.82) is 0 Å². The highest BCUT2D eigenvalue weighted by Gasteiger charge is 2.16. The standard InChI is InChI=1S/C15H21N5O2/c1-11-7-9-20-13(18-19-15(20)17-11)14(21)16-8-3-2-5-12-6-4-10-22-12/h7,9,12H,2-6,8,10H2,1H3,(H,16,21)/t12-/m0/s1. The lowest BCUT2D eigenvalue weighted by Gasteiger charge is -2.08. The Morgan fingerprint density at radius 1 is 1.45 bits per heavy atom. The maximum Gasteiger partial charge on any atom is 0.289 e. The minimum Gasteiger partial charge on any atom is -0.378 e. The molecule has 1 aliphatic rings. The van der Waals surface area contributed by atoms with E-state index in [2.05, 4.69) is 20.5 Å². The molecule has 1 fully saturated rings. The number of hydrogen-bond acceptors (Lipinski definition) is 5. The summed E-state index contributed by atoms with van der Waals surface area (Å²) >= 11 is 0. The molecule has 0 radical (unpaired) electrons. The molecule has 1 aliphatic heterocycles. The van der Waals surface area contributed by atoms with Gasteiger partial charge >= 0.3 is 0 Å². The Balaban J connectivity index is 1.46. The van der Waals surface area contributed by atoms with Crippen molar-refractivity contribution in [1.82, 2.24) is 24.9 Å². The topological polar surface area (TPSA) is 81.4 Å². The normalized spacial score (nSPS) is 18.0. The number of unbranched alkanes of at least 4 members (excludes halogenated alkanes) is 1. The van der Waals surface area contributed by atoms with E-state index in [4.69, 9.17) is 4.74 Å². The van der Waals surface area contributed by atoms with Gasteiger partial charge in [-0.2, -0.15) is 0 Å². The van der Waals surface area contributed by atoms with Gasteiger partial charge in [0.15, 0.2) is 0 Å². The summed E-state index contributed by atoms with van der Waals surface area (Å²) in [5.41, 5.74) is 0.848. The first-order valence-corrected chi connectivity index (χ1v) is 7.82. The van der Waals surface area contributed by atoms with Gasteiger partial charge in [-0.1, -0.05) is 0 Å². The summed E-state index contributed by atoms with van der Waals surface area (Å²) in [6.07, 6.45) is 7.62. The third kappa shape index (κ3) is 3.41. The zero-order valence-electron chi connectivity index (χ0n) is 12.8. The van der Waals surface area contributed by atoms with E-state index in [0.717, 1.165) is 31.6 Å². The molecule has 7 nitrogen and oxygen atoms in total. The predicted octanol–water partition coefficient (Wildman–Crippen LogP) is 1.51. The Hall–Kier alpha value is -2.02. The van der Waals surface area contributed by atoms with Crippen LogP contribution in [0.25, 0.3) is 5.78 Å². The first-order valence-electron chi connectivity index (χ1n) is 7.82. The van der Waals surface area contributed by atoms with Crippen molar-refractivity contribution >= 4 is 11.7 Å². The maximum absolute atomic E-state index is 12.1. The largest absolute Gasteiger partial charge is 0.378 e. The highest BCUT2D eigenvalue weighted by atomic mass is 16.5. The van der Waals surface area contributed by atoms with Gasteiger partial charge in [0.05, 0.1) is 6.10 Å². The van der Waals surface area contributed by atoms with Gasteiger partial charge in [0.2, 0.25) is 5.82 Å². The SMILES string of the molecule is Cc1ccn2c(C(=O)NCCCC[C@H]3CCCO3)nnc2n1. The van der Waals surface area contributed by atoms with Crippen LogP contribution in [-0.2, 0) is 4.74 Å². The van der Waals surface area contributed by atoms with Gasteiger partial charge in [0.25, 0.3) is 11.7 Å². The molecule has 1 amide bonds. The van der Waals surface area contributed by atoms with Crippen molar-refractivity contribution in [3.63, 3.8) is 0 Å². The minimum absolute atomic E-state index is 0.213. The van der Waals surface area contributed by atoms with Gasteiger partial charge < -0.3 is 10.1 Å². The molecule has 0 unspecified atom stereocenters. The molecule has 3 rings (SSSR count). The van der Waals surface area contributed by atoms with Crippen molar-refractivity contribution in [2.75, 3.05) is 13.2 Å². The number of amides is 1. The molecule has 0 aromatic carbocycles. The zero-order chi connectivity index (χ0) is 15.4. The lowest BCUT2D eigenvalue weighted by atomic mass is 10.1. The zero-order valence-corrected chi connectivity index (χ0v) is 12.8. The molecule has 2 aromatic rings. The van der Waals surface area contributed by atoms with E-state index < -0.39 is 0 Å². The van der Waals surface area contributed by atoms with Crippen molar-refractivity contribution in [2.45, 2.75) is 45.1 Å². The number of nitrogens with one attached hydrogen (secondary N) is 1. The van der Waals surface area contributed by atoms with Crippen molar-refractivity contribution < 1.29 is 9.53 Å². The highest BCUT2D eigenvalue weighted by Crippen LogP contribution is 2.17. The molecule has 1 atom stereocenters. The van der Waals surface area contributed by atoms with Gasteiger partial charge in [0.1, 0.15) is 0 Å². The number of nitrogens with zero attached hydrogens (tertiary/aromatic N) is 4. The highest BCUT2D eigenvalue weighted by molar-refractivity contribution is 5.91.